The lowest BCUT2D eigenvalue weighted by Gasteiger charge is -2.47. The first kappa shape index (κ1) is 14.7. The minimum atomic E-state index is 0.203. The van der Waals surface area contributed by atoms with Gasteiger partial charge >= 0.3 is 0 Å². The van der Waals surface area contributed by atoms with E-state index in [0.29, 0.717) is 5.92 Å². The average molecular weight is 281 g/mol. The molecule has 0 unspecified atom stereocenters. The molecule has 1 atom stereocenters. The fourth-order valence-electron chi connectivity index (χ4n) is 3.47. The van der Waals surface area contributed by atoms with E-state index in [2.05, 4.69) is 50.0 Å². The summed E-state index contributed by atoms with van der Waals surface area (Å²) in [5.41, 5.74) is 4.16. The van der Waals surface area contributed by atoms with Gasteiger partial charge in [0.1, 0.15) is 0 Å². The number of hydrogen-bond acceptors (Lipinski definition) is 2. The van der Waals surface area contributed by atoms with Gasteiger partial charge < -0.3 is 10.2 Å². The molecule has 0 saturated heterocycles. The van der Waals surface area contributed by atoms with Crippen LogP contribution in [0.2, 0.25) is 5.02 Å². The fourth-order valence-corrected chi connectivity index (χ4v) is 3.70. The third kappa shape index (κ3) is 2.61. The van der Waals surface area contributed by atoms with E-state index in [0.717, 1.165) is 18.1 Å². The molecular formula is C16H25ClN2. The third-order valence-corrected chi connectivity index (χ3v) is 4.59. The predicted molar refractivity (Wildman–Crippen MR) is 84.3 cm³/mol. The fraction of sp³-hybridized carbons (Fsp3) is 0.625. The van der Waals surface area contributed by atoms with Gasteiger partial charge in [-0.05, 0) is 57.4 Å². The molecule has 19 heavy (non-hydrogen) atoms. The minimum absolute atomic E-state index is 0.203. The van der Waals surface area contributed by atoms with Gasteiger partial charge in [-0.1, -0.05) is 24.6 Å². The van der Waals surface area contributed by atoms with Crippen LogP contribution in [0.25, 0.3) is 0 Å². The van der Waals surface area contributed by atoms with Crippen molar-refractivity contribution in [3.8, 4) is 0 Å². The van der Waals surface area contributed by atoms with E-state index in [-0.39, 0.29) is 5.54 Å². The van der Waals surface area contributed by atoms with Crippen molar-refractivity contribution in [2.75, 3.05) is 18.5 Å². The third-order valence-electron chi connectivity index (χ3n) is 4.24. The van der Waals surface area contributed by atoms with Crippen molar-refractivity contribution in [2.45, 2.75) is 52.1 Å². The molecule has 1 aliphatic rings. The Labute approximate surface area is 122 Å². The molecule has 1 N–H and O–H groups in total. The maximum absolute atomic E-state index is 6.44. The quantitative estimate of drug-likeness (QED) is 0.894. The average Bonchev–Trinajstić information content (AvgIpc) is 2.31. The highest BCUT2D eigenvalue weighted by atomic mass is 35.5. The lowest BCUT2D eigenvalue weighted by atomic mass is 9.79. The van der Waals surface area contributed by atoms with Gasteiger partial charge in [0.05, 0.1) is 0 Å². The monoisotopic (exact) mass is 280 g/mol. The zero-order valence-electron chi connectivity index (χ0n) is 12.7. The van der Waals surface area contributed by atoms with E-state index in [1.54, 1.807) is 0 Å². The number of halogens is 1. The summed E-state index contributed by atoms with van der Waals surface area (Å²) in [4.78, 5) is 2.48. The Balaban J connectivity index is 2.53. The second-order valence-corrected chi connectivity index (χ2v) is 6.60. The summed E-state index contributed by atoms with van der Waals surface area (Å²) >= 11 is 6.44. The Bertz CT molecular complexity index is 468. The van der Waals surface area contributed by atoms with Crippen LogP contribution in [0, 0.1) is 0 Å². The molecule has 0 aromatic heterocycles. The van der Waals surface area contributed by atoms with Crippen molar-refractivity contribution < 1.29 is 0 Å². The number of nitrogens with one attached hydrogen (secondary N) is 1. The van der Waals surface area contributed by atoms with Crippen LogP contribution in [0.5, 0.6) is 0 Å². The van der Waals surface area contributed by atoms with Gasteiger partial charge in [-0.15, -0.1) is 0 Å². The van der Waals surface area contributed by atoms with E-state index in [1.165, 1.54) is 23.2 Å². The first-order valence-corrected chi connectivity index (χ1v) is 7.53. The summed E-state index contributed by atoms with van der Waals surface area (Å²) in [6.45, 7) is 11.0. The Morgan fingerprint density at radius 2 is 2.11 bits per heavy atom. The minimum Gasteiger partial charge on any atom is -0.366 e. The molecule has 1 aromatic carbocycles. The van der Waals surface area contributed by atoms with E-state index in [4.69, 9.17) is 11.6 Å². The van der Waals surface area contributed by atoms with Crippen LogP contribution in [0.1, 0.15) is 51.2 Å². The number of benzene rings is 1. The Kier molecular flexibility index (Phi) is 4.12. The predicted octanol–water partition coefficient (Wildman–Crippen LogP) is 4.17. The highest BCUT2D eigenvalue weighted by Gasteiger charge is 2.35. The van der Waals surface area contributed by atoms with Gasteiger partial charge in [-0.3, -0.25) is 0 Å². The molecule has 0 aliphatic carbocycles. The molecule has 106 valence electrons. The maximum Gasteiger partial charge on any atom is 0.0471 e. The lowest BCUT2D eigenvalue weighted by Crippen LogP contribution is -2.48. The Morgan fingerprint density at radius 3 is 2.68 bits per heavy atom. The van der Waals surface area contributed by atoms with Crippen LogP contribution in [-0.4, -0.2) is 19.1 Å². The SMILES string of the molecule is CCN1c2cc(Cl)c(CNC)cc2[C@@H](C)CC1(C)C. The van der Waals surface area contributed by atoms with Crippen molar-refractivity contribution in [1.82, 2.24) is 5.32 Å². The zero-order valence-corrected chi connectivity index (χ0v) is 13.4. The zero-order chi connectivity index (χ0) is 14.2. The topological polar surface area (TPSA) is 15.3 Å². The number of fused-ring (bicyclic) bond motifs is 1. The molecule has 0 saturated carbocycles. The number of anilines is 1. The van der Waals surface area contributed by atoms with Crippen molar-refractivity contribution in [1.29, 1.82) is 0 Å². The smallest absolute Gasteiger partial charge is 0.0471 e. The number of nitrogens with zero attached hydrogens (tertiary/aromatic N) is 1. The molecule has 0 bridgehead atoms. The van der Waals surface area contributed by atoms with Crippen LogP contribution in [0.3, 0.4) is 0 Å². The molecule has 0 amide bonds. The van der Waals surface area contributed by atoms with E-state index in [1.807, 2.05) is 7.05 Å². The normalized spacial score (nSPS) is 21.4. The van der Waals surface area contributed by atoms with Crippen molar-refractivity contribution in [3.63, 3.8) is 0 Å². The van der Waals surface area contributed by atoms with E-state index >= 15 is 0 Å². The molecule has 3 heteroatoms. The van der Waals surface area contributed by atoms with Gasteiger partial charge in [0, 0.05) is 29.3 Å². The molecule has 0 fully saturated rings. The highest BCUT2D eigenvalue weighted by Crippen LogP contribution is 2.44. The summed E-state index contributed by atoms with van der Waals surface area (Å²) in [5.74, 6) is 0.584. The summed E-state index contributed by atoms with van der Waals surface area (Å²) < 4.78 is 0. The van der Waals surface area contributed by atoms with Gasteiger partial charge in [-0.2, -0.15) is 0 Å². The number of rotatable bonds is 3. The van der Waals surface area contributed by atoms with Gasteiger partial charge in [0.25, 0.3) is 0 Å². The molecular weight excluding hydrogens is 256 g/mol. The lowest BCUT2D eigenvalue weighted by molar-refractivity contribution is 0.381. The van der Waals surface area contributed by atoms with Gasteiger partial charge in [-0.25, -0.2) is 0 Å². The van der Waals surface area contributed by atoms with Crippen molar-refractivity contribution in [3.05, 3.63) is 28.3 Å². The van der Waals surface area contributed by atoms with Gasteiger partial charge in [0.15, 0.2) is 0 Å². The van der Waals surface area contributed by atoms with Crippen molar-refractivity contribution in [2.24, 2.45) is 0 Å². The summed E-state index contributed by atoms with van der Waals surface area (Å²) in [6.07, 6.45) is 1.19. The van der Waals surface area contributed by atoms with Crippen LogP contribution < -0.4 is 10.2 Å². The molecule has 2 rings (SSSR count). The summed E-state index contributed by atoms with van der Waals surface area (Å²) in [7, 11) is 1.96. The largest absolute Gasteiger partial charge is 0.366 e. The standard InChI is InChI=1S/C16H25ClN2/c1-6-19-15-8-14(17)12(10-18-5)7-13(15)11(2)9-16(19,3)4/h7-8,11,18H,6,9-10H2,1-5H3/t11-/m0/s1. The Morgan fingerprint density at radius 1 is 1.42 bits per heavy atom. The first-order valence-electron chi connectivity index (χ1n) is 7.15. The number of hydrogen-bond donors (Lipinski definition) is 1. The van der Waals surface area contributed by atoms with E-state index < -0.39 is 0 Å². The first-order chi connectivity index (χ1) is 8.90. The molecule has 0 spiro atoms. The second-order valence-electron chi connectivity index (χ2n) is 6.19. The molecule has 0 radical (unpaired) electrons. The van der Waals surface area contributed by atoms with Crippen LogP contribution in [0.4, 0.5) is 5.69 Å². The summed E-state index contributed by atoms with van der Waals surface area (Å²) in [5, 5.41) is 4.06. The maximum atomic E-state index is 6.44. The van der Waals surface area contributed by atoms with Gasteiger partial charge in [0.2, 0.25) is 0 Å². The van der Waals surface area contributed by atoms with Crippen molar-refractivity contribution >= 4 is 17.3 Å². The molecule has 1 heterocycles. The van der Waals surface area contributed by atoms with Crippen LogP contribution in [0.15, 0.2) is 12.1 Å². The molecule has 1 aromatic rings. The highest BCUT2D eigenvalue weighted by molar-refractivity contribution is 6.31. The Hall–Kier alpha value is -0.730. The van der Waals surface area contributed by atoms with Crippen LogP contribution >= 0.6 is 11.6 Å². The molecule has 1 aliphatic heterocycles. The molecule has 2 nitrogen and oxygen atoms in total. The van der Waals surface area contributed by atoms with E-state index in [9.17, 15) is 0 Å². The summed E-state index contributed by atoms with van der Waals surface area (Å²) in [6, 6.07) is 4.45. The van der Waals surface area contributed by atoms with Crippen LogP contribution in [-0.2, 0) is 6.54 Å². The second kappa shape index (κ2) is 5.34.